The number of fused-ring (bicyclic) bond motifs is 1. The first-order valence-electron chi connectivity index (χ1n) is 16.1. The van der Waals surface area contributed by atoms with Gasteiger partial charge in [0.15, 0.2) is 12.2 Å². The zero-order valence-corrected chi connectivity index (χ0v) is 26.9. The maximum atomic E-state index is 13.3. The van der Waals surface area contributed by atoms with Crippen LogP contribution in [0, 0.1) is 0 Å². The van der Waals surface area contributed by atoms with Crippen molar-refractivity contribution in [1.29, 1.82) is 0 Å². The average molecular weight is 638 g/mol. The van der Waals surface area contributed by atoms with Crippen molar-refractivity contribution in [3.63, 3.8) is 0 Å². The van der Waals surface area contributed by atoms with Gasteiger partial charge in [0, 0.05) is 70.0 Å². The largest absolute Gasteiger partial charge is 0.484 e. The number of aromatic nitrogens is 2. The van der Waals surface area contributed by atoms with Gasteiger partial charge in [-0.3, -0.25) is 14.6 Å². The number of aliphatic hydroxyl groups is 1. The second-order valence-corrected chi connectivity index (χ2v) is 13.0. The molecule has 3 aromatic rings. The summed E-state index contributed by atoms with van der Waals surface area (Å²) in [6.45, 7) is 10.4. The maximum Gasteiger partial charge on any atom is 0.251 e. The van der Waals surface area contributed by atoms with E-state index in [-0.39, 0.29) is 19.1 Å². The van der Waals surface area contributed by atoms with Gasteiger partial charge in [-0.1, -0.05) is 17.7 Å². The molecule has 1 aromatic carbocycles. The number of hydrogen-bond donors (Lipinski definition) is 3. The summed E-state index contributed by atoms with van der Waals surface area (Å²) in [7, 11) is 0. The number of oxazole rings is 1. The Kier molecular flexibility index (Phi) is 10.1. The molecule has 3 aliphatic rings. The zero-order chi connectivity index (χ0) is 31.3. The lowest BCUT2D eigenvalue weighted by atomic mass is 9.93. The Morgan fingerprint density at radius 2 is 2.00 bits per heavy atom. The van der Waals surface area contributed by atoms with E-state index in [1.165, 1.54) is 12.8 Å². The number of halogens is 1. The quantitative estimate of drug-likeness (QED) is 0.269. The number of carbonyl (C=O) groups is 1. The molecule has 1 aliphatic carbocycles. The lowest BCUT2D eigenvalue weighted by Crippen LogP contribution is -2.49. The number of nitrogens with zero attached hydrogens (tertiary/aromatic N) is 5. The molecule has 1 atom stereocenters. The van der Waals surface area contributed by atoms with Gasteiger partial charge in [0.1, 0.15) is 24.0 Å². The van der Waals surface area contributed by atoms with Crippen LogP contribution in [-0.4, -0.2) is 94.8 Å². The predicted octanol–water partition coefficient (Wildman–Crippen LogP) is 3.95. The standard InChI is InChI=1S/C33H44ClN7O4/c1-22(2)40-10-12-41(13-11-40)31-15-24(14-30(38-31)37-25-4-3-5-25)33(43)36-16-26(42)19-39-9-8-28-23(18-39)6-7-29(32(28)34)44-20-27-17-35-21-45-27/h6-7,14-15,17,21-22,25-26,42H,3-5,8-13,16,18-20H2,1-2H3,(H,36,43)(H,37,38)/t26-/m0/s1. The van der Waals surface area contributed by atoms with Crippen LogP contribution >= 0.6 is 11.6 Å². The van der Waals surface area contributed by atoms with Crippen molar-refractivity contribution >= 4 is 29.1 Å². The molecule has 12 heteroatoms. The van der Waals surface area contributed by atoms with Crippen molar-refractivity contribution in [2.75, 3.05) is 56.0 Å². The molecule has 45 heavy (non-hydrogen) atoms. The van der Waals surface area contributed by atoms with E-state index in [4.69, 9.17) is 25.7 Å². The van der Waals surface area contributed by atoms with E-state index < -0.39 is 6.10 Å². The number of nitrogens with one attached hydrogen (secondary N) is 2. The first kappa shape index (κ1) is 31.6. The number of amides is 1. The van der Waals surface area contributed by atoms with Crippen LogP contribution in [0.2, 0.25) is 5.02 Å². The van der Waals surface area contributed by atoms with Crippen LogP contribution in [0.25, 0.3) is 0 Å². The minimum Gasteiger partial charge on any atom is -0.484 e. The molecule has 1 saturated carbocycles. The molecule has 1 saturated heterocycles. The number of ether oxygens (including phenoxy) is 1. The lowest BCUT2D eigenvalue weighted by molar-refractivity contribution is 0.0841. The van der Waals surface area contributed by atoms with Crippen molar-refractivity contribution in [3.05, 3.63) is 64.3 Å². The smallest absolute Gasteiger partial charge is 0.251 e. The van der Waals surface area contributed by atoms with Gasteiger partial charge >= 0.3 is 0 Å². The summed E-state index contributed by atoms with van der Waals surface area (Å²) in [5, 5.41) is 18.0. The molecule has 242 valence electrons. The summed E-state index contributed by atoms with van der Waals surface area (Å²) in [6.07, 6.45) is 6.49. The highest BCUT2D eigenvalue weighted by molar-refractivity contribution is 6.33. The fourth-order valence-corrected chi connectivity index (χ4v) is 6.50. The van der Waals surface area contributed by atoms with Crippen molar-refractivity contribution in [2.45, 2.75) is 70.9 Å². The summed E-state index contributed by atoms with van der Waals surface area (Å²) < 4.78 is 11.1. The molecule has 0 spiro atoms. The molecule has 0 radical (unpaired) electrons. The highest BCUT2D eigenvalue weighted by Gasteiger charge is 2.25. The van der Waals surface area contributed by atoms with Gasteiger partial charge in [0.2, 0.25) is 0 Å². The highest BCUT2D eigenvalue weighted by Crippen LogP contribution is 2.34. The van der Waals surface area contributed by atoms with E-state index in [1.54, 1.807) is 6.20 Å². The topological polar surface area (TPSA) is 119 Å². The Hall–Kier alpha value is -3.38. The molecule has 2 fully saturated rings. The van der Waals surface area contributed by atoms with Crippen LogP contribution in [-0.2, 0) is 19.6 Å². The van der Waals surface area contributed by atoms with Gasteiger partial charge in [0.25, 0.3) is 5.91 Å². The zero-order valence-electron chi connectivity index (χ0n) is 26.2. The summed E-state index contributed by atoms with van der Waals surface area (Å²) in [5.74, 6) is 2.61. The summed E-state index contributed by atoms with van der Waals surface area (Å²) in [4.78, 5) is 29.1. The second-order valence-electron chi connectivity index (χ2n) is 12.6. The number of hydrogen-bond acceptors (Lipinski definition) is 10. The van der Waals surface area contributed by atoms with E-state index in [9.17, 15) is 9.90 Å². The Morgan fingerprint density at radius 3 is 2.71 bits per heavy atom. The van der Waals surface area contributed by atoms with Crippen molar-refractivity contribution in [2.24, 2.45) is 0 Å². The van der Waals surface area contributed by atoms with Gasteiger partial charge in [-0.2, -0.15) is 0 Å². The number of benzene rings is 1. The summed E-state index contributed by atoms with van der Waals surface area (Å²) >= 11 is 6.69. The van der Waals surface area contributed by atoms with Gasteiger partial charge < -0.3 is 29.8 Å². The fraction of sp³-hybridized carbons (Fsp3) is 0.545. The van der Waals surface area contributed by atoms with Crippen molar-refractivity contribution in [3.8, 4) is 5.75 Å². The van der Waals surface area contributed by atoms with Crippen LogP contribution < -0.4 is 20.3 Å². The van der Waals surface area contributed by atoms with Crippen molar-refractivity contribution in [1.82, 2.24) is 25.1 Å². The van der Waals surface area contributed by atoms with E-state index >= 15 is 0 Å². The third-order valence-corrected chi connectivity index (χ3v) is 9.51. The Morgan fingerprint density at radius 1 is 1.18 bits per heavy atom. The number of pyridine rings is 1. The molecule has 0 bridgehead atoms. The molecule has 1 amide bonds. The minimum atomic E-state index is -0.714. The molecule has 0 unspecified atom stereocenters. The van der Waals surface area contributed by atoms with Gasteiger partial charge in [-0.15, -0.1) is 0 Å². The van der Waals surface area contributed by atoms with E-state index in [0.717, 1.165) is 74.7 Å². The van der Waals surface area contributed by atoms with Crippen LogP contribution in [0.1, 0.15) is 60.4 Å². The number of aliphatic hydroxyl groups excluding tert-OH is 1. The first-order chi connectivity index (χ1) is 21.8. The lowest BCUT2D eigenvalue weighted by Gasteiger charge is -2.37. The summed E-state index contributed by atoms with van der Waals surface area (Å²) in [5.41, 5.74) is 2.74. The number of rotatable bonds is 12. The van der Waals surface area contributed by atoms with Crippen LogP contribution in [0.3, 0.4) is 0 Å². The number of carbonyl (C=O) groups excluding carboxylic acids is 1. The van der Waals surface area contributed by atoms with E-state index in [1.807, 2.05) is 24.3 Å². The molecule has 3 N–H and O–H groups in total. The molecule has 2 aromatic heterocycles. The normalized spacial score (nSPS) is 18.4. The van der Waals surface area contributed by atoms with E-state index in [0.29, 0.717) is 47.3 Å². The Labute approximate surface area is 269 Å². The average Bonchev–Trinajstić information content (AvgIpc) is 3.55. The van der Waals surface area contributed by atoms with Crippen LogP contribution in [0.4, 0.5) is 11.6 Å². The second kappa shape index (κ2) is 14.4. The molecule has 11 nitrogen and oxygen atoms in total. The third kappa shape index (κ3) is 7.89. The van der Waals surface area contributed by atoms with Gasteiger partial charge in [-0.25, -0.2) is 9.97 Å². The Bertz CT molecular complexity index is 1440. The summed E-state index contributed by atoms with van der Waals surface area (Å²) in [6, 6.07) is 8.54. The molecular weight excluding hydrogens is 594 g/mol. The van der Waals surface area contributed by atoms with Crippen molar-refractivity contribution < 1.29 is 19.1 Å². The molecule has 2 aliphatic heterocycles. The number of anilines is 2. The SMILES string of the molecule is CC(C)N1CCN(c2cc(C(=O)NC[C@H](O)CN3CCc4c(ccc(OCc5cnco5)c4Cl)C3)cc(NC3CCC3)n2)CC1. The molecular formula is C33H44ClN7O4. The predicted molar refractivity (Wildman–Crippen MR) is 174 cm³/mol. The maximum absolute atomic E-state index is 13.3. The van der Waals surface area contributed by atoms with Gasteiger partial charge in [0.05, 0.1) is 17.3 Å². The monoisotopic (exact) mass is 637 g/mol. The number of β-amino-alcohol motifs (C(OH)–C–C–N with tert-alkyl or cyclic N) is 1. The molecule has 4 heterocycles. The van der Waals surface area contributed by atoms with E-state index in [2.05, 4.69) is 44.2 Å². The Balaban J connectivity index is 1.03. The van der Waals surface area contributed by atoms with Gasteiger partial charge in [-0.05, 0) is 68.9 Å². The van der Waals surface area contributed by atoms with Crippen LogP contribution in [0.15, 0.2) is 41.3 Å². The highest BCUT2D eigenvalue weighted by atomic mass is 35.5. The number of piperazine rings is 1. The third-order valence-electron chi connectivity index (χ3n) is 9.10. The minimum absolute atomic E-state index is 0.160. The molecule has 6 rings (SSSR count). The first-order valence-corrected chi connectivity index (χ1v) is 16.5. The van der Waals surface area contributed by atoms with Crippen LogP contribution in [0.5, 0.6) is 5.75 Å². The fourth-order valence-electron chi connectivity index (χ4n) is 6.16.